The molecule has 0 heterocycles. The molecule has 0 spiro atoms. The fraction of sp³-hybridized carbons (Fsp3) is 1.00. The number of hydrogen-bond acceptors (Lipinski definition) is 2. The molecule has 0 aliphatic rings. The van der Waals surface area contributed by atoms with Crippen LogP contribution in [-0.4, -0.2) is 54.4 Å². The van der Waals surface area contributed by atoms with Crippen molar-refractivity contribution in [2.75, 3.05) is 34.3 Å². The maximum absolute atomic E-state index is 11.0. The van der Waals surface area contributed by atoms with Gasteiger partial charge in [-0.05, 0) is 6.92 Å². The van der Waals surface area contributed by atoms with E-state index in [2.05, 4.69) is 0 Å². The van der Waals surface area contributed by atoms with Crippen molar-refractivity contribution >= 4 is 7.60 Å². The zero-order chi connectivity index (χ0) is 10.7. The Morgan fingerprint density at radius 2 is 1.85 bits per heavy atom. The predicted octanol–water partition coefficient (Wildman–Crippen LogP) is 0.233. The standard InChI is InChI=1S/C7H18NO4P/c1-5-12-7(13(9,10)11)6-8(2,3)4/h7H,5-6H2,1-4H3,(H-,9,10,11)/p+1. The fourth-order valence-corrected chi connectivity index (χ4v) is 1.96. The Bertz CT molecular complexity index is 195. The highest BCUT2D eigenvalue weighted by Crippen LogP contribution is 2.42. The van der Waals surface area contributed by atoms with Gasteiger partial charge in [-0.15, -0.1) is 0 Å². The molecule has 5 nitrogen and oxygen atoms in total. The van der Waals surface area contributed by atoms with Crippen LogP contribution in [0.1, 0.15) is 6.92 Å². The third kappa shape index (κ3) is 6.18. The average Bonchev–Trinajstić information content (AvgIpc) is 1.81. The second kappa shape index (κ2) is 4.53. The number of rotatable bonds is 5. The average molecular weight is 212 g/mol. The predicted molar refractivity (Wildman–Crippen MR) is 50.4 cm³/mol. The third-order valence-electron chi connectivity index (χ3n) is 1.44. The summed E-state index contributed by atoms with van der Waals surface area (Å²) in [6, 6.07) is 0. The second-order valence-electron chi connectivity index (χ2n) is 3.97. The molecule has 13 heavy (non-hydrogen) atoms. The molecular weight excluding hydrogens is 193 g/mol. The van der Waals surface area contributed by atoms with Crippen LogP contribution in [-0.2, 0) is 9.30 Å². The number of nitrogens with zero attached hydrogens (tertiary/aromatic N) is 1. The van der Waals surface area contributed by atoms with E-state index in [1.54, 1.807) is 6.92 Å². The number of ether oxygens (including phenoxy) is 1. The Kier molecular flexibility index (Phi) is 4.55. The van der Waals surface area contributed by atoms with Gasteiger partial charge in [-0.25, -0.2) is 0 Å². The zero-order valence-electron chi connectivity index (χ0n) is 8.60. The molecule has 0 aliphatic heterocycles. The SMILES string of the molecule is CCOC(C[N+](C)(C)C)P(=O)(O)O. The summed E-state index contributed by atoms with van der Waals surface area (Å²) in [4.78, 5) is 17.9. The Balaban J connectivity index is 4.37. The first-order chi connectivity index (χ1) is 5.67. The Morgan fingerprint density at radius 3 is 2.08 bits per heavy atom. The van der Waals surface area contributed by atoms with Crippen LogP contribution in [0.5, 0.6) is 0 Å². The molecular formula is C7H19NO4P+. The van der Waals surface area contributed by atoms with Crippen LogP contribution in [0.25, 0.3) is 0 Å². The molecule has 0 fully saturated rings. The molecule has 1 unspecified atom stereocenters. The molecule has 0 saturated carbocycles. The first-order valence-corrected chi connectivity index (χ1v) is 5.82. The summed E-state index contributed by atoms with van der Waals surface area (Å²) in [7, 11) is 1.46. The number of likely N-dealkylation sites (N-methyl/N-ethyl adjacent to an activating group) is 1. The van der Waals surface area contributed by atoms with E-state index in [1.807, 2.05) is 21.1 Å². The van der Waals surface area contributed by atoms with Crippen LogP contribution in [0.15, 0.2) is 0 Å². The van der Waals surface area contributed by atoms with Crippen molar-refractivity contribution < 1.29 is 23.6 Å². The van der Waals surface area contributed by atoms with Gasteiger partial charge in [0.2, 0.25) is 5.85 Å². The lowest BCUT2D eigenvalue weighted by atomic mass is 10.5. The van der Waals surface area contributed by atoms with E-state index in [0.29, 0.717) is 17.6 Å². The van der Waals surface area contributed by atoms with Gasteiger partial charge in [0, 0.05) is 6.61 Å². The monoisotopic (exact) mass is 212 g/mol. The summed E-state index contributed by atoms with van der Waals surface area (Å²) in [5.74, 6) is -0.988. The quantitative estimate of drug-likeness (QED) is 0.506. The lowest BCUT2D eigenvalue weighted by Crippen LogP contribution is -2.42. The summed E-state index contributed by atoms with van der Waals surface area (Å²) < 4.78 is 16.4. The second-order valence-corrected chi connectivity index (χ2v) is 5.73. The molecule has 0 saturated heterocycles. The van der Waals surface area contributed by atoms with Gasteiger partial charge >= 0.3 is 7.60 Å². The van der Waals surface area contributed by atoms with Crippen molar-refractivity contribution in [2.45, 2.75) is 12.8 Å². The van der Waals surface area contributed by atoms with Crippen molar-refractivity contribution in [2.24, 2.45) is 0 Å². The molecule has 0 aromatic rings. The van der Waals surface area contributed by atoms with E-state index >= 15 is 0 Å². The molecule has 6 heteroatoms. The van der Waals surface area contributed by atoms with Crippen LogP contribution in [0.3, 0.4) is 0 Å². The Morgan fingerprint density at radius 1 is 1.38 bits per heavy atom. The molecule has 1 atom stereocenters. The highest BCUT2D eigenvalue weighted by atomic mass is 31.2. The van der Waals surface area contributed by atoms with Gasteiger partial charge in [0.15, 0.2) is 0 Å². The minimum absolute atomic E-state index is 0.304. The summed E-state index contributed by atoms with van der Waals surface area (Å²) >= 11 is 0. The smallest absolute Gasteiger partial charge is 0.359 e. The molecule has 0 aliphatic carbocycles. The van der Waals surface area contributed by atoms with E-state index in [4.69, 9.17) is 14.5 Å². The van der Waals surface area contributed by atoms with Crippen LogP contribution >= 0.6 is 7.60 Å². The molecule has 0 radical (unpaired) electrons. The molecule has 2 N–H and O–H groups in total. The van der Waals surface area contributed by atoms with E-state index in [0.717, 1.165) is 0 Å². The molecule has 0 rings (SSSR count). The van der Waals surface area contributed by atoms with E-state index in [-0.39, 0.29) is 0 Å². The van der Waals surface area contributed by atoms with Crippen LogP contribution in [0, 0.1) is 0 Å². The molecule has 0 bridgehead atoms. The first kappa shape index (κ1) is 13.1. The van der Waals surface area contributed by atoms with Crippen LogP contribution in [0.4, 0.5) is 0 Å². The summed E-state index contributed by atoms with van der Waals surface area (Å²) in [6.07, 6.45) is 0. The number of hydrogen-bond donors (Lipinski definition) is 2. The van der Waals surface area contributed by atoms with Crippen molar-refractivity contribution in [1.82, 2.24) is 0 Å². The van der Waals surface area contributed by atoms with Crippen molar-refractivity contribution in [3.8, 4) is 0 Å². The van der Waals surface area contributed by atoms with Crippen molar-refractivity contribution in [1.29, 1.82) is 0 Å². The third-order valence-corrected chi connectivity index (χ3v) is 2.50. The Hall–Kier alpha value is 0.0700. The summed E-state index contributed by atoms with van der Waals surface area (Å²) in [6.45, 7) is 2.34. The lowest BCUT2D eigenvalue weighted by molar-refractivity contribution is -0.872. The summed E-state index contributed by atoms with van der Waals surface area (Å²) in [5.41, 5.74) is 0. The van der Waals surface area contributed by atoms with Crippen LogP contribution < -0.4 is 0 Å². The van der Waals surface area contributed by atoms with Crippen molar-refractivity contribution in [3.05, 3.63) is 0 Å². The minimum Gasteiger partial charge on any atom is -0.361 e. The highest BCUT2D eigenvalue weighted by Gasteiger charge is 2.34. The number of quaternary nitrogens is 1. The van der Waals surface area contributed by atoms with Gasteiger partial charge in [-0.1, -0.05) is 0 Å². The van der Waals surface area contributed by atoms with E-state index < -0.39 is 13.4 Å². The van der Waals surface area contributed by atoms with E-state index in [9.17, 15) is 4.57 Å². The lowest BCUT2D eigenvalue weighted by Gasteiger charge is -2.29. The van der Waals surface area contributed by atoms with Gasteiger partial charge in [-0.3, -0.25) is 4.57 Å². The normalized spacial score (nSPS) is 15.8. The molecule has 0 amide bonds. The van der Waals surface area contributed by atoms with Crippen LogP contribution in [0.2, 0.25) is 0 Å². The van der Waals surface area contributed by atoms with Crippen molar-refractivity contribution in [3.63, 3.8) is 0 Å². The van der Waals surface area contributed by atoms with Gasteiger partial charge in [0.05, 0.1) is 21.1 Å². The summed E-state index contributed by atoms with van der Waals surface area (Å²) in [5, 5.41) is 0. The Labute approximate surface area is 79.1 Å². The topological polar surface area (TPSA) is 66.8 Å². The largest absolute Gasteiger partial charge is 0.361 e. The minimum atomic E-state index is -4.13. The van der Waals surface area contributed by atoms with Gasteiger partial charge in [0.25, 0.3) is 0 Å². The molecule has 80 valence electrons. The highest BCUT2D eigenvalue weighted by molar-refractivity contribution is 7.52. The van der Waals surface area contributed by atoms with Gasteiger partial charge in [0.1, 0.15) is 6.54 Å². The maximum atomic E-state index is 11.0. The van der Waals surface area contributed by atoms with E-state index in [1.165, 1.54) is 0 Å². The van der Waals surface area contributed by atoms with Gasteiger partial charge in [-0.2, -0.15) is 0 Å². The fourth-order valence-electron chi connectivity index (χ4n) is 0.917. The molecule has 0 aromatic heterocycles. The zero-order valence-corrected chi connectivity index (χ0v) is 9.49. The van der Waals surface area contributed by atoms with Gasteiger partial charge < -0.3 is 19.0 Å². The molecule has 0 aromatic carbocycles. The maximum Gasteiger partial charge on any atom is 0.359 e. The first-order valence-electron chi connectivity index (χ1n) is 4.14.